The van der Waals surface area contributed by atoms with Crippen molar-refractivity contribution in [2.24, 2.45) is 0 Å². The molecule has 0 spiro atoms. The average Bonchev–Trinajstić information content (AvgIpc) is 2.27. The van der Waals surface area contributed by atoms with Crippen molar-refractivity contribution in [1.82, 2.24) is 0 Å². The molecule has 0 bridgehead atoms. The summed E-state index contributed by atoms with van der Waals surface area (Å²) < 4.78 is 42.7. The SMILES string of the molecule is CCOC(=O)Cc1ccc(C(F)(F)F)c(C)c1C#N. The number of hydrogen-bond acceptors (Lipinski definition) is 3. The summed E-state index contributed by atoms with van der Waals surface area (Å²) in [5, 5.41) is 8.96. The lowest BCUT2D eigenvalue weighted by Crippen LogP contribution is -2.13. The maximum atomic E-state index is 12.7. The molecule has 0 aliphatic heterocycles. The number of hydrogen-bond donors (Lipinski definition) is 0. The highest BCUT2D eigenvalue weighted by Gasteiger charge is 2.33. The van der Waals surface area contributed by atoms with Crippen LogP contribution in [0.4, 0.5) is 13.2 Å². The van der Waals surface area contributed by atoms with E-state index in [1.807, 2.05) is 0 Å². The molecule has 0 radical (unpaired) electrons. The fourth-order valence-electron chi connectivity index (χ4n) is 1.75. The fraction of sp³-hybridized carbons (Fsp3) is 0.385. The van der Waals surface area contributed by atoms with E-state index >= 15 is 0 Å². The second-order valence-corrected chi connectivity index (χ2v) is 3.86. The van der Waals surface area contributed by atoms with Crippen LogP contribution in [0, 0.1) is 18.3 Å². The van der Waals surface area contributed by atoms with Gasteiger partial charge in [-0.15, -0.1) is 0 Å². The standard InChI is InChI=1S/C13H12F3NO2/c1-3-19-12(18)6-9-4-5-11(13(14,15)16)8(2)10(9)7-17/h4-5H,3,6H2,1-2H3. The summed E-state index contributed by atoms with van der Waals surface area (Å²) in [6.45, 7) is 3.03. The zero-order valence-electron chi connectivity index (χ0n) is 10.5. The van der Waals surface area contributed by atoms with Crippen molar-refractivity contribution in [2.45, 2.75) is 26.4 Å². The van der Waals surface area contributed by atoms with Crippen LogP contribution in [-0.4, -0.2) is 12.6 Å². The van der Waals surface area contributed by atoms with E-state index in [0.29, 0.717) is 0 Å². The van der Waals surface area contributed by atoms with Crippen LogP contribution in [0.25, 0.3) is 0 Å². The molecule has 0 saturated carbocycles. The van der Waals surface area contributed by atoms with Gasteiger partial charge in [0.2, 0.25) is 0 Å². The van der Waals surface area contributed by atoms with Crippen molar-refractivity contribution >= 4 is 5.97 Å². The average molecular weight is 271 g/mol. The molecule has 1 aromatic carbocycles. The number of ether oxygens (including phenoxy) is 1. The molecule has 102 valence electrons. The van der Waals surface area contributed by atoms with Crippen molar-refractivity contribution < 1.29 is 22.7 Å². The molecule has 0 aliphatic carbocycles. The van der Waals surface area contributed by atoms with E-state index < -0.39 is 17.7 Å². The van der Waals surface area contributed by atoms with Gasteiger partial charge in [-0.3, -0.25) is 4.79 Å². The third-order valence-corrected chi connectivity index (χ3v) is 2.61. The molecule has 0 aliphatic rings. The highest BCUT2D eigenvalue weighted by atomic mass is 19.4. The molecule has 1 aromatic rings. The Hall–Kier alpha value is -2.03. The summed E-state index contributed by atoms with van der Waals surface area (Å²) in [6.07, 6.45) is -4.73. The van der Waals surface area contributed by atoms with Crippen LogP contribution < -0.4 is 0 Å². The third kappa shape index (κ3) is 3.47. The predicted octanol–water partition coefficient (Wildman–Crippen LogP) is 2.99. The number of carbonyl (C=O) groups excluding carboxylic acids is 1. The van der Waals surface area contributed by atoms with Gasteiger partial charge >= 0.3 is 12.1 Å². The minimum Gasteiger partial charge on any atom is -0.466 e. The Morgan fingerprint density at radius 1 is 1.42 bits per heavy atom. The summed E-state index contributed by atoms with van der Waals surface area (Å²) >= 11 is 0. The zero-order chi connectivity index (χ0) is 14.6. The number of benzene rings is 1. The van der Waals surface area contributed by atoms with Crippen LogP contribution in [0.3, 0.4) is 0 Å². The maximum Gasteiger partial charge on any atom is 0.416 e. The quantitative estimate of drug-likeness (QED) is 0.794. The molecule has 0 atom stereocenters. The monoisotopic (exact) mass is 271 g/mol. The first-order valence-electron chi connectivity index (χ1n) is 5.56. The molecular formula is C13H12F3NO2. The summed E-state index contributed by atoms with van der Waals surface area (Å²) in [6, 6.07) is 3.74. The van der Waals surface area contributed by atoms with E-state index in [4.69, 9.17) is 10.00 Å². The number of nitriles is 1. The van der Waals surface area contributed by atoms with E-state index in [2.05, 4.69) is 0 Å². The highest BCUT2D eigenvalue weighted by Crippen LogP contribution is 2.34. The minimum absolute atomic E-state index is 0.122. The Bertz CT molecular complexity index is 530. The number of carbonyl (C=O) groups is 1. The molecular weight excluding hydrogens is 259 g/mol. The molecule has 0 N–H and O–H groups in total. The van der Waals surface area contributed by atoms with Gasteiger partial charge in [-0.05, 0) is 31.0 Å². The molecule has 19 heavy (non-hydrogen) atoms. The first kappa shape index (κ1) is 15.0. The third-order valence-electron chi connectivity index (χ3n) is 2.61. The lowest BCUT2D eigenvalue weighted by molar-refractivity contribution is -0.142. The number of esters is 1. The summed E-state index contributed by atoms with van der Waals surface area (Å²) in [5.74, 6) is -0.571. The molecule has 0 aromatic heterocycles. The Balaban J connectivity index is 3.21. The summed E-state index contributed by atoms with van der Waals surface area (Å²) in [5.41, 5.74) is -0.914. The van der Waals surface area contributed by atoms with Gasteiger partial charge in [-0.25, -0.2) is 0 Å². The van der Waals surface area contributed by atoms with Crippen LogP contribution in [0.1, 0.15) is 29.2 Å². The smallest absolute Gasteiger partial charge is 0.416 e. The van der Waals surface area contributed by atoms with E-state index in [0.717, 1.165) is 12.1 Å². The molecule has 0 heterocycles. The Morgan fingerprint density at radius 3 is 2.53 bits per heavy atom. The number of nitrogens with zero attached hydrogens (tertiary/aromatic N) is 1. The van der Waals surface area contributed by atoms with E-state index in [-0.39, 0.29) is 29.7 Å². The van der Waals surface area contributed by atoms with Gasteiger partial charge in [-0.2, -0.15) is 18.4 Å². The maximum absolute atomic E-state index is 12.7. The molecule has 0 unspecified atom stereocenters. The second kappa shape index (κ2) is 5.74. The van der Waals surface area contributed by atoms with Crippen molar-refractivity contribution in [3.63, 3.8) is 0 Å². The van der Waals surface area contributed by atoms with Gasteiger partial charge in [0.15, 0.2) is 0 Å². The van der Waals surface area contributed by atoms with E-state index in [9.17, 15) is 18.0 Å². The molecule has 6 heteroatoms. The van der Waals surface area contributed by atoms with Crippen LogP contribution >= 0.6 is 0 Å². The van der Waals surface area contributed by atoms with Crippen LogP contribution in [0.5, 0.6) is 0 Å². The second-order valence-electron chi connectivity index (χ2n) is 3.86. The van der Waals surface area contributed by atoms with Gasteiger partial charge in [0.05, 0.1) is 30.2 Å². The molecule has 0 amide bonds. The van der Waals surface area contributed by atoms with Crippen molar-refractivity contribution in [3.05, 3.63) is 34.4 Å². The number of rotatable bonds is 3. The fourth-order valence-corrected chi connectivity index (χ4v) is 1.75. The predicted molar refractivity (Wildman–Crippen MR) is 61.2 cm³/mol. The summed E-state index contributed by atoms with van der Waals surface area (Å²) in [7, 11) is 0. The van der Waals surface area contributed by atoms with E-state index in [1.165, 1.54) is 6.92 Å². The van der Waals surface area contributed by atoms with Crippen molar-refractivity contribution in [3.8, 4) is 6.07 Å². The van der Waals surface area contributed by atoms with Crippen LogP contribution in [-0.2, 0) is 22.1 Å². The Morgan fingerprint density at radius 2 is 2.05 bits per heavy atom. The zero-order valence-corrected chi connectivity index (χ0v) is 10.5. The van der Waals surface area contributed by atoms with Gasteiger partial charge in [0.25, 0.3) is 0 Å². The number of alkyl halides is 3. The van der Waals surface area contributed by atoms with E-state index in [1.54, 1.807) is 13.0 Å². The number of halogens is 3. The van der Waals surface area contributed by atoms with Crippen LogP contribution in [0.15, 0.2) is 12.1 Å². The van der Waals surface area contributed by atoms with Gasteiger partial charge in [0, 0.05) is 0 Å². The first-order valence-corrected chi connectivity index (χ1v) is 5.56. The molecule has 1 rings (SSSR count). The first-order chi connectivity index (χ1) is 8.81. The highest BCUT2D eigenvalue weighted by molar-refractivity contribution is 5.74. The lowest BCUT2D eigenvalue weighted by Gasteiger charge is -2.13. The van der Waals surface area contributed by atoms with Crippen LogP contribution in [0.2, 0.25) is 0 Å². The van der Waals surface area contributed by atoms with Gasteiger partial charge < -0.3 is 4.74 Å². The normalized spacial score (nSPS) is 10.9. The molecule has 3 nitrogen and oxygen atoms in total. The Labute approximate surface area is 108 Å². The van der Waals surface area contributed by atoms with Gasteiger partial charge in [0.1, 0.15) is 0 Å². The molecule has 0 fully saturated rings. The lowest BCUT2D eigenvalue weighted by atomic mass is 9.95. The largest absolute Gasteiger partial charge is 0.466 e. The topological polar surface area (TPSA) is 50.1 Å². The van der Waals surface area contributed by atoms with Gasteiger partial charge in [-0.1, -0.05) is 6.07 Å². The molecule has 0 saturated heterocycles. The van der Waals surface area contributed by atoms with Crippen molar-refractivity contribution in [1.29, 1.82) is 5.26 Å². The summed E-state index contributed by atoms with van der Waals surface area (Å²) in [4.78, 5) is 11.3. The van der Waals surface area contributed by atoms with Crippen molar-refractivity contribution in [2.75, 3.05) is 6.61 Å². The Kier molecular flexibility index (Phi) is 4.54. The minimum atomic E-state index is -4.52.